The second kappa shape index (κ2) is 64.9. The molecule has 1 amide bonds. The van der Waals surface area contributed by atoms with Gasteiger partial charge in [0.1, 0.15) is 0 Å². The molecule has 444 valence electrons. The lowest BCUT2D eigenvalue weighted by Crippen LogP contribution is -2.45. The monoisotopic (exact) mass is 1060 g/mol. The number of ether oxygens (including phenoxy) is 1. The first-order valence-electron chi connectivity index (χ1n) is 34.1. The topological polar surface area (TPSA) is 95.9 Å². The average Bonchev–Trinajstić information content (AvgIpc) is 3.41. The second-order valence-electron chi connectivity index (χ2n) is 23.5. The third kappa shape index (κ3) is 61.4. The van der Waals surface area contributed by atoms with Crippen LogP contribution in [0.5, 0.6) is 0 Å². The van der Waals surface area contributed by atoms with Gasteiger partial charge in [-0.2, -0.15) is 0 Å². The molecule has 0 aromatic carbocycles. The van der Waals surface area contributed by atoms with Crippen molar-refractivity contribution >= 4 is 11.9 Å². The number of nitrogens with one attached hydrogen (secondary N) is 1. The van der Waals surface area contributed by atoms with Crippen LogP contribution in [0.25, 0.3) is 0 Å². The van der Waals surface area contributed by atoms with Crippen molar-refractivity contribution in [2.75, 3.05) is 13.2 Å². The molecule has 0 aromatic rings. The summed E-state index contributed by atoms with van der Waals surface area (Å²) in [5, 5.41) is 23.1. The van der Waals surface area contributed by atoms with E-state index in [4.69, 9.17) is 4.74 Å². The molecule has 0 fully saturated rings. The molecule has 3 N–H and O–H groups in total. The van der Waals surface area contributed by atoms with Crippen LogP contribution in [-0.2, 0) is 14.3 Å². The van der Waals surface area contributed by atoms with Crippen molar-refractivity contribution in [3.63, 3.8) is 0 Å². The average molecular weight is 1060 g/mol. The molecule has 75 heavy (non-hydrogen) atoms. The van der Waals surface area contributed by atoms with Crippen molar-refractivity contribution in [1.82, 2.24) is 5.32 Å². The lowest BCUT2D eigenvalue weighted by atomic mass is 10.0. The van der Waals surface area contributed by atoms with Gasteiger partial charge >= 0.3 is 5.97 Å². The SMILES string of the molecule is CCCCCCCCC/C=C\CCCCCCCCCC(=O)OCCCCCCCCCCCCCCCCCCCCCCCCCCCCCCC(=O)NC(CO)C(O)/C=C/CCCCCCCCCCCC. The Balaban J connectivity index is 3.33. The van der Waals surface area contributed by atoms with Crippen molar-refractivity contribution in [3.8, 4) is 0 Å². The molecule has 2 unspecified atom stereocenters. The molecule has 0 heterocycles. The van der Waals surface area contributed by atoms with Crippen molar-refractivity contribution in [2.45, 2.75) is 392 Å². The van der Waals surface area contributed by atoms with Crippen molar-refractivity contribution < 1.29 is 24.5 Å². The van der Waals surface area contributed by atoms with Crippen LogP contribution in [0.2, 0.25) is 0 Å². The Morgan fingerprint density at radius 1 is 0.360 bits per heavy atom. The maximum atomic E-state index is 12.4. The number of amides is 1. The van der Waals surface area contributed by atoms with Crippen LogP contribution in [0.3, 0.4) is 0 Å². The van der Waals surface area contributed by atoms with E-state index < -0.39 is 12.1 Å². The number of hydrogen-bond donors (Lipinski definition) is 3. The Bertz CT molecular complexity index is 1170. The zero-order chi connectivity index (χ0) is 54.3. The summed E-state index contributed by atoms with van der Waals surface area (Å²) in [5.74, 6) is -0.0479. The molecule has 0 aliphatic heterocycles. The van der Waals surface area contributed by atoms with Crippen LogP contribution in [0, 0.1) is 0 Å². The van der Waals surface area contributed by atoms with E-state index in [9.17, 15) is 19.8 Å². The number of aliphatic hydroxyl groups excluding tert-OH is 2. The number of aliphatic hydroxyl groups is 2. The lowest BCUT2D eigenvalue weighted by Gasteiger charge is -2.20. The summed E-state index contributed by atoms with van der Waals surface area (Å²) in [6.07, 6.45) is 81.1. The van der Waals surface area contributed by atoms with E-state index in [-0.39, 0.29) is 18.5 Å². The van der Waals surface area contributed by atoms with Crippen LogP contribution in [0.4, 0.5) is 0 Å². The summed E-state index contributed by atoms with van der Waals surface area (Å²) in [6.45, 7) is 4.92. The van der Waals surface area contributed by atoms with Crippen LogP contribution in [0.15, 0.2) is 24.3 Å². The summed E-state index contributed by atoms with van der Waals surface area (Å²) in [5.41, 5.74) is 0. The Labute approximate surface area is 469 Å². The van der Waals surface area contributed by atoms with E-state index in [1.807, 2.05) is 6.08 Å². The third-order valence-corrected chi connectivity index (χ3v) is 16.0. The Hall–Kier alpha value is -1.66. The van der Waals surface area contributed by atoms with Gasteiger partial charge in [-0.1, -0.05) is 334 Å². The maximum Gasteiger partial charge on any atom is 0.305 e. The fraction of sp³-hybridized carbons (Fsp3) is 0.913. The standard InChI is InChI=1S/C69H133NO5/c1-3-5-7-9-11-13-15-17-18-19-33-36-39-43-47-51-55-59-63-69(74)75-64-60-56-52-48-44-40-37-34-31-29-27-25-23-21-20-22-24-26-28-30-32-35-38-42-46-50-54-58-62-68(73)70-66(65-71)67(72)61-57-53-49-45-41-16-14-12-10-8-6-4-2/h18-19,57,61,66-67,71-72H,3-17,20-56,58-60,62-65H2,1-2H3,(H,70,73)/b19-18-,61-57+. The fourth-order valence-electron chi connectivity index (χ4n) is 10.7. The van der Waals surface area contributed by atoms with E-state index in [0.717, 1.165) is 44.9 Å². The van der Waals surface area contributed by atoms with Gasteiger partial charge in [-0.3, -0.25) is 9.59 Å². The molecular formula is C69H133NO5. The first-order valence-corrected chi connectivity index (χ1v) is 34.1. The van der Waals surface area contributed by atoms with E-state index >= 15 is 0 Å². The smallest absolute Gasteiger partial charge is 0.305 e. The number of carbonyl (C=O) groups is 2. The minimum absolute atomic E-state index is 0.0160. The molecule has 6 heteroatoms. The Morgan fingerprint density at radius 3 is 0.947 bits per heavy atom. The van der Waals surface area contributed by atoms with Crippen molar-refractivity contribution in [3.05, 3.63) is 24.3 Å². The number of allylic oxidation sites excluding steroid dienone is 3. The molecule has 0 saturated carbocycles. The highest BCUT2D eigenvalue weighted by Crippen LogP contribution is 2.18. The molecule has 0 aliphatic carbocycles. The summed E-state index contributed by atoms with van der Waals surface area (Å²) in [6, 6.07) is -0.624. The highest BCUT2D eigenvalue weighted by Gasteiger charge is 2.18. The third-order valence-electron chi connectivity index (χ3n) is 16.0. The predicted molar refractivity (Wildman–Crippen MR) is 329 cm³/mol. The summed E-state index contributed by atoms with van der Waals surface area (Å²) >= 11 is 0. The number of hydrogen-bond acceptors (Lipinski definition) is 5. The first-order chi connectivity index (χ1) is 37.0. The zero-order valence-corrected chi connectivity index (χ0v) is 50.8. The van der Waals surface area contributed by atoms with Crippen LogP contribution in [-0.4, -0.2) is 47.4 Å². The minimum Gasteiger partial charge on any atom is -0.466 e. The van der Waals surface area contributed by atoms with Crippen LogP contribution >= 0.6 is 0 Å². The van der Waals surface area contributed by atoms with Gasteiger partial charge in [-0.15, -0.1) is 0 Å². The van der Waals surface area contributed by atoms with Crippen LogP contribution in [0.1, 0.15) is 380 Å². The summed E-state index contributed by atoms with van der Waals surface area (Å²) in [4.78, 5) is 24.5. The minimum atomic E-state index is -0.841. The highest BCUT2D eigenvalue weighted by atomic mass is 16.5. The van der Waals surface area contributed by atoms with Gasteiger partial charge < -0.3 is 20.3 Å². The molecule has 0 saturated heterocycles. The number of rotatable bonds is 64. The van der Waals surface area contributed by atoms with Gasteiger partial charge in [0.2, 0.25) is 5.91 Å². The molecule has 0 aliphatic rings. The first kappa shape index (κ1) is 73.3. The fourth-order valence-corrected chi connectivity index (χ4v) is 10.7. The van der Waals surface area contributed by atoms with Gasteiger partial charge in [-0.25, -0.2) is 0 Å². The summed E-state index contributed by atoms with van der Waals surface area (Å²) in [7, 11) is 0. The van der Waals surface area contributed by atoms with Gasteiger partial charge in [0.15, 0.2) is 0 Å². The van der Waals surface area contributed by atoms with E-state index in [1.165, 1.54) is 308 Å². The van der Waals surface area contributed by atoms with Crippen molar-refractivity contribution in [1.29, 1.82) is 0 Å². The van der Waals surface area contributed by atoms with Gasteiger partial charge in [0.25, 0.3) is 0 Å². The Kier molecular flexibility index (Phi) is 63.4. The second-order valence-corrected chi connectivity index (χ2v) is 23.5. The number of unbranched alkanes of at least 4 members (excludes halogenated alkanes) is 51. The Morgan fingerprint density at radius 2 is 0.627 bits per heavy atom. The molecule has 0 bridgehead atoms. The summed E-state index contributed by atoms with van der Waals surface area (Å²) < 4.78 is 5.51. The van der Waals surface area contributed by atoms with Gasteiger partial charge in [0.05, 0.1) is 25.4 Å². The molecule has 6 nitrogen and oxygen atoms in total. The molecule has 0 spiro atoms. The normalized spacial score (nSPS) is 12.6. The van der Waals surface area contributed by atoms with E-state index in [1.54, 1.807) is 6.08 Å². The molecule has 0 rings (SSSR count). The zero-order valence-electron chi connectivity index (χ0n) is 50.8. The number of esters is 1. The molecule has 0 aromatic heterocycles. The molecule has 2 atom stereocenters. The van der Waals surface area contributed by atoms with Gasteiger partial charge in [-0.05, 0) is 57.8 Å². The van der Waals surface area contributed by atoms with Crippen molar-refractivity contribution in [2.24, 2.45) is 0 Å². The predicted octanol–water partition coefficient (Wildman–Crippen LogP) is 21.8. The highest BCUT2D eigenvalue weighted by molar-refractivity contribution is 5.76. The maximum absolute atomic E-state index is 12.4. The van der Waals surface area contributed by atoms with Crippen LogP contribution < -0.4 is 5.32 Å². The molecular weight excluding hydrogens is 923 g/mol. The molecule has 0 radical (unpaired) electrons. The quantitative estimate of drug-likeness (QED) is 0.0320. The van der Waals surface area contributed by atoms with Gasteiger partial charge in [0, 0.05) is 12.8 Å². The number of carbonyl (C=O) groups excluding carboxylic acids is 2. The van der Waals surface area contributed by atoms with E-state index in [2.05, 4.69) is 31.3 Å². The largest absolute Gasteiger partial charge is 0.466 e. The lowest BCUT2D eigenvalue weighted by molar-refractivity contribution is -0.143. The van der Waals surface area contributed by atoms with E-state index in [0.29, 0.717) is 19.4 Å².